The van der Waals surface area contributed by atoms with Crippen molar-refractivity contribution in [1.82, 2.24) is 34.9 Å². The average molecular weight is 352 g/mol. The number of fused-ring (bicyclic) bond motifs is 1. The summed E-state index contributed by atoms with van der Waals surface area (Å²) in [6, 6.07) is 12.0. The van der Waals surface area contributed by atoms with Gasteiger partial charge in [0.15, 0.2) is 0 Å². The minimum atomic E-state index is 0.595. The zero-order valence-corrected chi connectivity index (χ0v) is 15.2. The lowest BCUT2D eigenvalue weighted by molar-refractivity contribution is 0.192. The standard InChI is InChI=1S/C18H24N8/c1-14(2)12-24-8-9-25-17(13-24)10-15(21-25)11-19-18-20-22-23-26(18)16-6-4-3-5-7-16/h3-7,10,14H,8-9,11-13H2,1-2H3,(H,19,20,23). The van der Waals surface area contributed by atoms with Gasteiger partial charge in [-0.25, -0.2) is 0 Å². The molecular formula is C18H24N8. The zero-order valence-electron chi connectivity index (χ0n) is 15.2. The van der Waals surface area contributed by atoms with Crippen molar-refractivity contribution in [3.8, 4) is 5.69 Å². The number of benzene rings is 1. The summed E-state index contributed by atoms with van der Waals surface area (Å²) in [6.45, 7) is 9.22. The van der Waals surface area contributed by atoms with E-state index in [0.29, 0.717) is 18.4 Å². The Bertz CT molecular complexity index is 851. The number of hydrogen-bond acceptors (Lipinski definition) is 6. The van der Waals surface area contributed by atoms with Crippen molar-refractivity contribution < 1.29 is 0 Å². The number of tetrazole rings is 1. The zero-order chi connectivity index (χ0) is 17.9. The number of hydrogen-bond donors (Lipinski definition) is 1. The fourth-order valence-electron chi connectivity index (χ4n) is 3.35. The van der Waals surface area contributed by atoms with Crippen molar-refractivity contribution in [1.29, 1.82) is 0 Å². The van der Waals surface area contributed by atoms with Crippen LogP contribution in [0.2, 0.25) is 0 Å². The summed E-state index contributed by atoms with van der Waals surface area (Å²) >= 11 is 0. The molecule has 0 saturated carbocycles. The van der Waals surface area contributed by atoms with Gasteiger partial charge in [-0.15, -0.1) is 0 Å². The number of nitrogens with zero attached hydrogens (tertiary/aromatic N) is 7. The molecule has 0 amide bonds. The molecule has 0 fully saturated rings. The smallest absolute Gasteiger partial charge is 0.248 e. The van der Waals surface area contributed by atoms with E-state index in [1.165, 1.54) is 5.69 Å². The SMILES string of the molecule is CC(C)CN1CCn2nc(CNc3nnnn3-c3ccccc3)cc2C1. The van der Waals surface area contributed by atoms with Gasteiger partial charge in [0.2, 0.25) is 5.95 Å². The topological polar surface area (TPSA) is 76.7 Å². The van der Waals surface area contributed by atoms with Gasteiger partial charge in [0.25, 0.3) is 0 Å². The predicted molar refractivity (Wildman–Crippen MR) is 98.8 cm³/mol. The molecule has 4 rings (SSSR count). The molecule has 1 aromatic carbocycles. The molecule has 0 atom stereocenters. The predicted octanol–water partition coefficient (Wildman–Crippen LogP) is 1.94. The first-order valence-electron chi connectivity index (χ1n) is 9.04. The summed E-state index contributed by atoms with van der Waals surface area (Å²) in [7, 11) is 0. The van der Waals surface area contributed by atoms with E-state index < -0.39 is 0 Å². The largest absolute Gasteiger partial charge is 0.347 e. The van der Waals surface area contributed by atoms with Crippen molar-refractivity contribution in [2.75, 3.05) is 18.4 Å². The first-order valence-corrected chi connectivity index (χ1v) is 9.04. The highest BCUT2D eigenvalue weighted by Crippen LogP contribution is 2.16. The molecule has 2 aromatic heterocycles. The first-order chi connectivity index (χ1) is 12.7. The second-order valence-corrected chi connectivity index (χ2v) is 7.08. The van der Waals surface area contributed by atoms with Crippen molar-refractivity contribution in [3.05, 3.63) is 47.8 Å². The minimum absolute atomic E-state index is 0.595. The highest BCUT2D eigenvalue weighted by Gasteiger charge is 2.19. The molecule has 0 radical (unpaired) electrons. The number of nitrogens with one attached hydrogen (secondary N) is 1. The van der Waals surface area contributed by atoms with Crippen LogP contribution in [0, 0.1) is 5.92 Å². The molecule has 1 aliphatic rings. The van der Waals surface area contributed by atoms with E-state index in [2.05, 4.69) is 50.3 Å². The van der Waals surface area contributed by atoms with Gasteiger partial charge < -0.3 is 5.32 Å². The Morgan fingerprint density at radius 3 is 2.81 bits per heavy atom. The van der Waals surface area contributed by atoms with Crippen LogP contribution in [0.1, 0.15) is 25.2 Å². The number of para-hydroxylation sites is 1. The van der Waals surface area contributed by atoms with E-state index in [1.807, 2.05) is 30.3 Å². The molecule has 1 aliphatic heterocycles. The Labute approximate surface area is 152 Å². The molecule has 8 heteroatoms. The van der Waals surface area contributed by atoms with Crippen LogP contribution in [-0.4, -0.2) is 48.0 Å². The van der Waals surface area contributed by atoms with Gasteiger partial charge in [-0.3, -0.25) is 9.58 Å². The van der Waals surface area contributed by atoms with Gasteiger partial charge in [-0.1, -0.05) is 37.1 Å². The van der Waals surface area contributed by atoms with Crippen LogP contribution in [0.25, 0.3) is 5.69 Å². The molecule has 0 bridgehead atoms. The third-order valence-corrected chi connectivity index (χ3v) is 4.45. The third kappa shape index (κ3) is 3.60. The van der Waals surface area contributed by atoms with Crippen LogP contribution < -0.4 is 5.32 Å². The van der Waals surface area contributed by atoms with Gasteiger partial charge >= 0.3 is 0 Å². The lowest BCUT2D eigenvalue weighted by atomic mass is 10.2. The van der Waals surface area contributed by atoms with Crippen LogP contribution in [0.15, 0.2) is 36.4 Å². The number of rotatable bonds is 6. The van der Waals surface area contributed by atoms with E-state index in [0.717, 1.165) is 37.6 Å². The summed E-state index contributed by atoms with van der Waals surface area (Å²) in [4.78, 5) is 2.49. The van der Waals surface area contributed by atoms with Gasteiger partial charge in [0, 0.05) is 19.6 Å². The van der Waals surface area contributed by atoms with Crippen LogP contribution in [0.5, 0.6) is 0 Å². The van der Waals surface area contributed by atoms with E-state index in [-0.39, 0.29) is 0 Å². The lowest BCUT2D eigenvalue weighted by Crippen LogP contribution is -2.36. The maximum Gasteiger partial charge on any atom is 0.248 e. The molecule has 3 heterocycles. The Kier molecular flexibility index (Phi) is 4.66. The second-order valence-electron chi connectivity index (χ2n) is 7.08. The molecule has 0 saturated heterocycles. The maximum absolute atomic E-state index is 4.72. The Hall–Kier alpha value is -2.74. The highest BCUT2D eigenvalue weighted by atomic mass is 15.6. The van der Waals surface area contributed by atoms with E-state index in [4.69, 9.17) is 5.10 Å². The van der Waals surface area contributed by atoms with Gasteiger partial charge in [0.05, 0.1) is 30.2 Å². The Morgan fingerprint density at radius 1 is 1.15 bits per heavy atom. The lowest BCUT2D eigenvalue weighted by Gasteiger charge is -2.28. The molecule has 0 spiro atoms. The first kappa shape index (κ1) is 16.7. The van der Waals surface area contributed by atoms with Crippen LogP contribution >= 0.6 is 0 Å². The Morgan fingerprint density at radius 2 is 2.00 bits per heavy atom. The normalized spacial score (nSPS) is 14.6. The van der Waals surface area contributed by atoms with E-state index in [9.17, 15) is 0 Å². The van der Waals surface area contributed by atoms with Crippen molar-refractivity contribution in [3.63, 3.8) is 0 Å². The van der Waals surface area contributed by atoms with Crippen LogP contribution in [0.3, 0.4) is 0 Å². The van der Waals surface area contributed by atoms with Crippen LogP contribution in [0.4, 0.5) is 5.95 Å². The minimum Gasteiger partial charge on any atom is -0.347 e. The molecule has 1 N–H and O–H groups in total. The quantitative estimate of drug-likeness (QED) is 0.731. The number of anilines is 1. The van der Waals surface area contributed by atoms with Crippen LogP contribution in [-0.2, 0) is 19.6 Å². The van der Waals surface area contributed by atoms with Crippen molar-refractivity contribution in [2.24, 2.45) is 5.92 Å². The summed E-state index contributed by atoms with van der Waals surface area (Å²) in [5.74, 6) is 1.30. The molecule has 3 aromatic rings. The molecule has 26 heavy (non-hydrogen) atoms. The number of aromatic nitrogens is 6. The summed E-state index contributed by atoms with van der Waals surface area (Å²) in [5.41, 5.74) is 3.21. The van der Waals surface area contributed by atoms with Crippen molar-refractivity contribution in [2.45, 2.75) is 33.5 Å². The van der Waals surface area contributed by atoms with E-state index >= 15 is 0 Å². The Balaban J connectivity index is 1.43. The van der Waals surface area contributed by atoms with Gasteiger partial charge in [0.1, 0.15) is 0 Å². The molecule has 136 valence electrons. The summed E-state index contributed by atoms with van der Waals surface area (Å²) in [5, 5.41) is 19.9. The fraction of sp³-hybridized carbons (Fsp3) is 0.444. The molecule has 0 unspecified atom stereocenters. The van der Waals surface area contributed by atoms with Crippen molar-refractivity contribution >= 4 is 5.95 Å². The van der Waals surface area contributed by atoms with Gasteiger partial charge in [-0.05, 0) is 34.5 Å². The summed E-state index contributed by atoms with van der Waals surface area (Å²) < 4.78 is 3.81. The average Bonchev–Trinajstić information content (AvgIpc) is 3.26. The molecule has 8 nitrogen and oxygen atoms in total. The molecule has 0 aliphatic carbocycles. The second kappa shape index (κ2) is 7.25. The fourth-order valence-corrected chi connectivity index (χ4v) is 3.35. The maximum atomic E-state index is 4.72. The summed E-state index contributed by atoms with van der Waals surface area (Å²) in [6.07, 6.45) is 0. The highest BCUT2D eigenvalue weighted by molar-refractivity contribution is 5.38. The van der Waals surface area contributed by atoms with Gasteiger partial charge in [-0.2, -0.15) is 9.78 Å². The third-order valence-electron chi connectivity index (χ3n) is 4.45. The molecular weight excluding hydrogens is 328 g/mol. The monoisotopic (exact) mass is 352 g/mol. The van der Waals surface area contributed by atoms with E-state index in [1.54, 1.807) is 4.68 Å².